The summed E-state index contributed by atoms with van der Waals surface area (Å²) in [5.74, 6) is -0.860. The number of esters is 1. The van der Waals surface area contributed by atoms with Gasteiger partial charge < -0.3 is 14.5 Å². The third kappa shape index (κ3) is 5.06. The highest BCUT2D eigenvalue weighted by molar-refractivity contribution is 7.89. The van der Waals surface area contributed by atoms with Gasteiger partial charge in [-0.3, -0.25) is 4.79 Å². The van der Waals surface area contributed by atoms with E-state index in [0.717, 1.165) is 0 Å². The number of benzene rings is 2. The van der Waals surface area contributed by atoms with Crippen molar-refractivity contribution in [2.45, 2.75) is 11.8 Å². The molecule has 0 aliphatic heterocycles. The van der Waals surface area contributed by atoms with E-state index in [9.17, 15) is 18.0 Å². The van der Waals surface area contributed by atoms with Gasteiger partial charge >= 0.3 is 5.97 Å². The quantitative estimate of drug-likeness (QED) is 0.587. The van der Waals surface area contributed by atoms with Gasteiger partial charge in [-0.25, -0.2) is 23.3 Å². The molecule has 0 spiro atoms. The van der Waals surface area contributed by atoms with Crippen molar-refractivity contribution < 1.29 is 27.2 Å². The zero-order valence-corrected chi connectivity index (χ0v) is 16.1. The molecule has 10 heteroatoms. The second-order valence-electron chi connectivity index (χ2n) is 5.98. The van der Waals surface area contributed by atoms with Crippen molar-refractivity contribution >= 4 is 27.6 Å². The fourth-order valence-corrected chi connectivity index (χ4v) is 2.93. The van der Waals surface area contributed by atoms with Crippen LogP contribution in [0.15, 0.2) is 63.9 Å². The minimum atomic E-state index is -3.82. The van der Waals surface area contributed by atoms with Crippen molar-refractivity contribution in [2.24, 2.45) is 5.14 Å². The molecule has 3 rings (SSSR count). The highest BCUT2D eigenvalue weighted by Gasteiger charge is 2.20. The summed E-state index contributed by atoms with van der Waals surface area (Å²) >= 11 is 0. The Labute approximate surface area is 166 Å². The lowest BCUT2D eigenvalue weighted by Gasteiger charge is -2.06. The van der Waals surface area contributed by atoms with E-state index in [1.54, 1.807) is 19.1 Å². The SMILES string of the molecule is Cc1oc(-c2ccccc2)nc1C(=O)OCC(=O)Nc1ccc(S(N)(=O)=O)cc1. The van der Waals surface area contributed by atoms with E-state index in [2.05, 4.69) is 10.3 Å². The van der Waals surface area contributed by atoms with Crippen LogP contribution in [0.3, 0.4) is 0 Å². The number of primary sulfonamides is 1. The summed E-state index contributed by atoms with van der Waals surface area (Å²) < 4.78 is 32.9. The summed E-state index contributed by atoms with van der Waals surface area (Å²) in [6.07, 6.45) is 0. The zero-order valence-electron chi connectivity index (χ0n) is 15.3. The molecule has 0 fully saturated rings. The highest BCUT2D eigenvalue weighted by Crippen LogP contribution is 2.21. The Balaban J connectivity index is 1.59. The number of carbonyl (C=O) groups excluding carboxylic acids is 2. The Hall–Kier alpha value is -3.50. The number of nitrogens with one attached hydrogen (secondary N) is 1. The Morgan fingerprint density at radius 2 is 1.76 bits per heavy atom. The summed E-state index contributed by atoms with van der Waals surface area (Å²) in [4.78, 5) is 28.2. The topological polar surface area (TPSA) is 142 Å². The molecule has 0 atom stereocenters. The van der Waals surface area contributed by atoms with E-state index < -0.39 is 28.5 Å². The van der Waals surface area contributed by atoms with Crippen LogP contribution in [0.25, 0.3) is 11.5 Å². The van der Waals surface area contributed by atoms with E-state index in [4.69, 9.17) is 14.3 Å². The van der Waals surface area contributed by atoms with E-state index >= 15 is 0 Å². The van der Waals surface area contributed by atoms with Crippen LogP contribution < -0.4 is 10.5 Å². The number of nitrogens with two attached hydrogens (primary N) is 1. The van der Waals surface area contributed by atoms with E-state index in [1.165, 1.54) is 24.3 Å². The highest BCUT2D eigenvalue weighted by atomic mass is 32.2. The van der Waals surface area contributed by atoms with Gasteiger partial charge in [-0.05, 0) is 43.3 Å². The largest absolute Gasteiger partial charge is 0.451 e. The average Bonchev–Trinajstić information content (AvgIpc) is 3.08. The minimum absolute atomic E-state index is 0.0193. The number of ether oxygens (including phenoxy) is 1. The van der Waals surface area contributed by atoms with Crippen LogP contribution in [0.5, 0.6) is 0 Å². The van der Waals surface area contributed by atoms with Crippen molar-refractivity contribution in [1.29, 1.82) is 0 Å². The lowest BCUT2D eigenvalue weighted by molar-refractivity contribution is -0.119. The molecule has 1 amide bonds. The van der Waals surface area contributed by atoms with Gasteiger partial charge in [-0.1, -0.05) is 18.2 Å². The first kappa shape index (κ1) is 20.2. The summed E-state index contributed by atoms with van der Waals surface area (Å²) in [5, 5.41) is 7.49. The molecule has 29 heavy (non-hydrogen) atoms. The molecule has 0 saturated heterocycles. The van der Waals surface area contributed by atoms with E-state index in [1.807, 2.05) is 18.2 Å². The molecular weight excluding hydrogens is 398 g/mol. The number of hydrogen-bond donors (Lipinski definition) is 2. The fraction of sp³-hybridized carbons (Fsp3) is 0.105. The van der Waals surface area contributed by atoms with Crippen molar-refractivity contribution in [2.75, 3.05) is 11.9 Å². The number of nitrogens with zero attached hydrogens (tertiary/aromatic N) is 1. The van der Waals surface area contributed by atoms with Gasteiger partial charge in [0.05, 0.1) is 4.90 Å². The molecule has 1 aromatic heterocycles. The van der Waals surface area contributed by atoms with E-state index in [-0.39, 0.29) is 22.2 Å². The van der Waals surface area contributed by atoms with Crippen LogP contribution in [-0.2, 0) is 19.6 Å². The molecule has 0 aliphatic carbocycles. The van der Waals surface area contributed by atoms with Crippen LogP contribution in [0.2, 0.25) is 0 Å². The Morgan fingerprint density at radius 3 is 2.38 bits per heavy atom. The summed E-state index contributed by atoms with van der Waals surface area (Å²) in [6.45, 7) is 1.02. The predicted molar refractivity (Wildman–Crippen MR) is 103 cm³/mol. The van der Waals surface area contributed by atoms with Gasteiger partial charge in [0.15, 0.2) is 12.3 Å². The molecule has 3 aromatic rings. The maximum absolute atomic E-state index is 12.2. The Kier molecular flexibility index (Phi) is 5.76. The molecule has 150 valence electrons. The standard InChI is InChI=1S/C19H17N3O6S/c1-12-17(22-18(28-12)13-5-3-2-4-6-13)19(24)27-11-16(23)21-14-7-9-15(10-8-14)29(20,25)26/h2-10H,11H2,1H3,(H,21,23)(H2,20,25,26). The van der Waals surface area contributed by atoms with Gasteiger partial charge in [-0.2, -0.15) is 0 Å². The van der Waals surface area contributed by atoms with Crippen LogP contribution in [-0.4, -0.2) is 31.9 Å². The Bertz CT molecular complexity index is 1140. The normalized spacial score (nSPS) is 11.1. The van der Waals surface area contributed by atoms with Gasteiger partial charge in [0.2, 0.25) is 15.9 Å². The third-order valence-electron chi connectivity index (χ3n) is 3.81. The van der Waals surface area contributed by atoms with Gasteiger partial charge in [0.25, 0.3) is 5.91 Å². The Morgan fingerprint density at radius 1 is 1.10 bits per heavy atom. The maximum atomic E-state index is 12.2. The summed E-state index contributed by atoms with van der Waals surface area (Å²) in [7, 11) is -3.82. The van der Waals surface area contributed by atoms with Gasteiger partial charge in [0.1, 0.15) is 5.76 Å². The maximum Gasteiger partial charge on any atom is 0.361 e. The summed E-state index contributed by atoms with van der Waals surface area (Å²) in [6, 6.07) is 14.3. The van der Waals surface area contributed by atoms with Crippen molar-refractivity contribution in [3.8, 4) is 11.5 Å². The molecule has 0 bridgehead atoms. The van der Waals surface area contributed by atoms with Crippen LogP contribution in [0, 0.1) is 6.92 Å². The number of carbonyl (C=O) groups is 2. The number of sulfonamides is 1. The monoisotopic (exact) mass is 415 g/mol. The van der Waals surface area contributed by atoms with Crippen LogP contribution in [0.4, 0.5) is 5.69 Å². The molecule has 3 N–H and O–H groups in total. The second kappa shape index (κ2) is 8.25. The smallest absolute Gasteiger partial charge is 0.361 e. The second-order valence-corrected chi connectivity index (χ2v) is 7.54. The minimum Gasteiger partial charge on any atom is -0.451 e. The number of aryl methyl sites for hydroxylation is 1. The number of hydrogen-bond acceptors (Lipinski definition) is 7. The molecule has 0 radical (unpaired) electrons. The number of anilines is 1. The summed E-state index contributed by atoms with van der Waals surface area (Å²) in [5.41, 5.74) is 1.01. The fourth-order valence-electron chi connectivity index (χ4n) is 2.41. The van der Waals surface area contributed by atoms with Gasteiger partial charge in [-0.15, -0.1) is 0 Å². The molecule has 0 aliphatic rings. The number of amides is 1. The van der Waals surface area contributed by atoms with Gasteiger partial charge in [0, 0.05) is 11.3 Å². The first-order valence-electron chi connectivity index (χ1n) is 8.37. The molecule has 2 aromatic carbocycles. The van der Waals surface area contributed by atoms with Crippen molar-refractivity contribution in [3.05, 3.63) is 66.1 Å². The first-order chi connectivity index (χ1) is 13.7. The molecule has 0 saturated carbocycles. The zero-order chi connectivity index (χ0) is 21.0. The lowest BCUT2D eigenvalue weighted by atomic mass is 10.2. The number of oxazole rings is 1. The van der Waals surface area contributed by atoms with Crippen molar-refractivity contribution in [3.63, 3.8) is 0 Å². The molecule has 9 nitrogen and oxygen atoms in total. The molecular formula is C19H17N3O6S. The number of rotatable bonds is 6. The number of aromatic nitrogens is 1. The molecule has 1 heterocycles. The van der Waals surface area contributed by atoms with Crippen LogP contribution >= 0.6 is 0 Å². The van der Waals surface area contributed by atoms with Crippen molar-refractivity contribution in [1.82, 2.24) is 4.98 Å². The van der Waals surface area contributed by atoms with E-state index in [0.29, 0.717) is 11.3 Å². The van der Waals surface area contributed by atoms with Crippen LogP contribution in [0.1, 0.15) is 16.2 Å². The predicted octanol–water partition coefficient (Wildman–Crippen LogP) is 2.09. The molecule has 0 unspecified atom stereocenters. The lowest BCUT2D eigenvalue weighted by Crippen LogP contribution is -2.21. The first-order valence-corrected chi connectivity index (χ1v) is 9.91. The average molecular weight is 415 g/mol. The third-order valence-corrected chi connectivity index (χ3v) is 4.74.